The second-order valence-electron chi connectivity index (χ2n) is 3.41. The van der Waals surface area contributed by atoms with Crippen LogP contribution in [0, 0.1) is 0 Å². The summed E-state index contributed by atoms with van der Waals surface area (Å²) in [5.41, 5.74) is 2.84. The van der Waals surface area contributed by atoms with Crippen LogP contribution in [0.2, 0.25) is 0 Å². The van der Waals surface area contributed by atoms with Gasteiger partial charge in [-0.1, -0.05) is 12.1 Å². The zero-order valence-corrected chi connectivity index (χ0v) is 7.84. The van der Waals surface area contributed by atoms with E-state index in [1.54, 1.807) is 0 Å². The molecule has 0 saturated carbocycles. The Morgan fingerprint density at radius 2 is 1.87 bits per heavy atom. The normalized spacial score (nSPS) is 21.9. The molecule has 0 bridgehead atoms. The zero-order chi connectivity index (χ0) is 10.9. The Bertz CT molecular complexity index is 328. The number of rotatable bonds is 1. The third kappa shape index (κ3) is 2.30. The molecule has 0 aliphatic carbocycles. The number of hydrogen-bond acceptors (Lipinski definition) is 2. The smallest absolute Gasteiger partial charge is 0.294 e. The number of benzene rings is 1. The van der Waals surface area contributed by atoms with Crippen LogP contribution in [0.25, 0.3) is 0 Å². The van der Waals surface area contributed by atoms with E-state index in [-0.39, 0.29) is 6.10 Å². The van der Waals surface area contributed by atoms with E-state index in [4.69, 9.17) is 4.84 Å². The maximum Gasteiger partial charge on any atom is 0.416 e. The van der Waals surface area contributed by atoms with Gasteiger partial charge >= 0.3 is 6.18 Å². The van der Waals surface area contributed by atoms with E-state index in [2.05, 4.69) is 5.48 Å². The molecule has 1 saturated heterocycles. The van der Waals surface area contributed by atoms with Gasteiger partial charge in [-0.3, -0.25) is 4.84 Å². The molecule has 1 unspecified atom stereocenters. The second-order valence-corrected chi connectivity index (χ2v) is 3.41. The maximum absolute atomic E-state index is 12.3. The lowest BCUT2D eigenvalue weighted by atomic mass is 10.1. The third-order valence-corrected chi connectivity index (χ3v) is 2.34. The van der Waals surface area contributed by atoms with Crippen molar-refractivity contribution in [3.63, 3.8) is 0 Å². The highest BCUT2D eigenvalue weighted by Gasteiger charge is 2.30. The molecule has 0 aromatic heterocycles. The summed E-state index contributed by atoms with van der Waals surface area (Å²) in [6, 6.07) is 5.08. The molecule has 2 rings (SSSR count). The molecule has 0 spiro atoms. The molecular formula is C10H10F3NO. The highest BCUT2D eigenvalue weighted by molar-refractivity contribution is 5.26. The Balaban J connectivity index is 2.16. The summed E-state index contributed by atoms with van der Waals surface area (Å²) in [5.74, 6) is 0. The van der Waals surface area contributed by atoms with Crippen LogP contribution < -0.4 is 5.48 Å². The fourth-order valence-corrected chi connectivity index (χ4v) is 1.53. The molecule has 0 radical (unpaired) electrons. The van der Waals surface area contributed by atoms with E-state index in [1.165, 1.54) is 12.1 Å². The topological polar surface area (TPSA) is 21.3 Å². The molecule has 15 heavy (non-hydrogen) atoms. The van der Waals surface area contributed by atoms with Gasteiger partial charge in [-0.15, -0.1) is 0 Å². The van der Waals surface area contributed by atoms with Crippen LogP contribution in [-0.4, -0.2) is 6.54 Å². The molecular weight excluding hydrogens is 207 g/mol. The number of hydroxylamine groups is 1. The number of nitrogens with one attached hydrogen (secondary N) is 1. The Labute approximate surface area is 85.0 Å². The summed E-state index contributed by atoms with van der Waals surface area (Å²) in [6.07, 6.45) is -3.62. The Kier molecular flexibility index (Phi) is 2.67. The molecule has 1 aromatic rings. The maximum atomic E-state index is 12.3. The van der Waals surface area contributed by atoms with Crippen molar-refractivity contribution in [2.45, 2.75) is 18.7 Å². The van der Waals surface area contributed by atoms with E-state index in [9.17, 15) is 13.2 Å². The van der Waals surface area contributed by atoms with Gasteiger partial charge in [0.15, 0.2) is 0 Å². The summed E-state index contributed by atoms with van der Waals surface area (Å²) in [7, 11) is 0. The lowest BCUT2D eigenvalue weighted by Crippen LogP contribution is -2.06. The lowest BCUT2D eigenvalue weighted by Gasteiger charge is -2.10. The molecule has 1 aliphatic rings. The molecule has 0 amide bonds. The molecule has 1 heterocycles. The standard InChI is InChI=1S/C10H10F3NO/c11-10(12,13)8-3-1-7(2-4-8)9-5-6-14-15-9/h1-4,9,14H,5-6H2. The van der Waals surface area contributed by atoms with Crippen molar-refractivity contribution in [2.24, 2.45) is 0 Å². The summed E-state index contributed by atoms with van der Waals surface area (Å²) in [6.45, 7) is 0.728. The van der Waals surface area contributed by atoms with Gasteiger partial charge in [0.2, 0.25) is 0 Å². The Morgan fingerprint density at radius 1 is 1.20 bits per heavy atom. The largest absolute Gasteiger partial charge is 0.416 e. The highest BCUT2D eigenvalue weighted by atomic mass is 19.4. The first kappa shape index (κ1) is 10.4. The summed E-state index contributed by atoms with van der Waals surface area (Å²) in [4.78, 5) is 5.13. The van der Waals surface area contributed by atoms with Crippen molar-refractivity contribution >= 4 is 0 Å². The summed E-state index contributed by atoms with van der Waals surface area (Å²) < 4.78 is 36.8. The van der Waals surface area contributed by atoms with E-state index < -0.39 is 11.7 Å². The van der Waals surface area contributed by atoms with Crippen molar-refractivity contribution in [1.29, 1.82) is 0 Å². The van der Waals surface area contributed by atoms with E-state index in [0.29, 0.717) is 0 Å². The Hall–Kier alpha value is -1.07. The number of alkyl halides is 3. The first-order chi connectivity index (χ1) is 7.07. The Morgan fingerprint density at radius 3 is 2.33 bits per heavy atom. The SMILES string of the molecule is FC(F)(F)c1ccc(C2CCNO2)cc1. The van der Waals surface area contributed by atoms with Gasteiger partial charge in [0, 0.05) is 6.54 Å². The first-order valence-electron chi connectivity index (χ1n) is 4.63. The van der Waals surface area contributed by atoms with E-state index in [0.717, 1.165) is 30.7 Å². The first-order valence-corrected chi connectivity index (χ1v) is 4.63. The summed E-state index contributed by atoms with van der Waals surface area (Å²) in [5, 5.41) is 0. The van der Waals surface area contributed by atoms with Gasteiger partial charge in [0.05, 0.1) is 5.56 Å². The van der Waals surface area contributed by atoms with Crippen LogP contribution in [0.4, 0.5) is 13.2 Å². The van der Waals surface area contributed by atoms with Gasteiger partial charge in [-0.2, -0.15) is 13.2 Å². The van der Waals surface area contributed by atoms with Crippen molar-refractivity contribution < 1.29 is 18.0 Å². The van der Waals surface area contributed by atoms with Crippen molar-refractivity contribution in [3.8, 4) is 0 Å². The van der Waals surface area contributed by atoms with Gasteiger partial charge in [-0.05, 0) is 24.1 Å². The van der Waals surface area contributed by atoms with Crippen molar-refractivity contribution in [2.75, 3.05) is 6.54 Å². The van der Waals surface area contributed by atoms with Gasteiger partial charge in [0.1, 0.15) is 6.10 Å². The minimum atomic E-state index is -4.27. The highest BCUT2D eigenvalue weighted by Crippen LogP contribution is 2.31. The van der Waals surface area contributed by atoms with E-state index >= 15 is 0 Å². The number of hydrogen-bond donors (Lipinski definition) is 1. The predicted molar refractivity (Wildman–Crippen MR) is 47.9 cm³/mol. The lowest BCUT2D eigenvalue weighted by molar-refractivity contribution is -0.137. The van der Waals surface area contributed by atoms with Crippen molar-refractivity contribution in [3.05, 3.63) is 35.4 Å². The van der Waals surface area contributed by atoms with Crippen LogP contribution in [0.5, 0.6) is 0 Å². The quantitative estimate of drug-likeness (QED) is 0.780. The summed E-state index contributed by atoms with van der Waals surface area (Å²) >= 11 is 0. The van der Waals surface area contributed by atoms with Crippen LogP contribution in [0.1, 0.15) is 23.7 Å². The fraction of sp³-hybridized carbons (Fsp3) is 0.400. The monoisotopic (exact) mass is 217 g/mol. The average molecular weight is 217 g/mol. The second kappa shape index (κ2) is 3.83. The molecule has 1 aliphatic heterocycles. The zero-order valence-electron chi connectivity index (χ0n) is 7.84. The molecule has 1 atom stereocenters. The fourth-order valence-electron chi connectivity index (χ4n) is 1.53. The third-order valence-electron chi connectivity index (χ3n) is 2.34. The molecule has 1 aromatic carbocycles. The number of halogens is 3. The molecule has 2 nitrogen and oxygen atoms in total. The van der Waals surface area contributed by atoms with Gasteiger partial charge in [0.25, 0.3) is 0 Å². The van der Waals surface area contributed by atoms with Crippen LogP contribution >= 0.6 is 0 Å². The van der Waals surface area contributed by atoms with E-state index in [1.807, 2.05) is 0 Å². The molecule has 1 N–H and O–H groups in total. The van der Waals surface area contributed by atoms with Gasteiger partial charge in [-0.25, -0.2) is 5.48 Å². The minimum absolute atomic E-state index is 0.132. The predicted octanol–water partition coefficient (Wildman–Crippen LogP) is 2.67. The van der Waals surface area contributed by atoms with Gasteiger partial charge < -0.3 is 0 Å². The average Bonchev–Trinajstić information content (AvgIpc) is 2.69. The van der Waals surface area contributed by atoms with Crippen LogP contribution in [0.3, 0.4) is 0 Å². The van der Waals surface area contributed by atoms with Crippen LogP contribution in [-0.2, 0) is 11.0 Å². The minimum Gasteiger partial charge on any atom is -0.294 e. The molecule has 82 valence electrons. The molecule has 1 fully saturated rings. The van der Waals surface area contributed by atoms with Crippen LogP contribution in [0.15, 0.2) is 24.3 Å². The molecule has 5 heteroatoms. The van der Waals surface area contributed by atoms with Crippen molar-refractivity contribution in [1.82, 2.24) is 5.48 Å².